The van der Waals surface area contributed by atoms with Gasteiger partial charge in [0.1, 0.15) is 0 Å². The fourth-order valence-corrected chi connectivity index (χ4v) is 9.70. The largest absolute Gasteiger partial charge is 0.433 e. The first-order valence-corrected chi connectivity index (χ1v) is 14.8. The Morgan fingerprint density at radius 1 is 1.00 bits per heavy atom. The standard InChI is InChI=1S/C29H48N4O4/c1-17(33-37-27(36)31-16-19-6-10-25(32-19)26(35)30-4)22-8-9-23-21-7-5-18-15-20(34)11-13-28(18,2)24(21)12-14-29(22,23)3/h18-25,32,34H,5-16H2,1-4H3,(H,30,35)(H,31,36)/b33-17+/t18-,19?,20-,21-,22+,23-,24-,25?,28-,29+/m0/s1. The molecule has 5 fully saturated rings. The number of nitrogens with one attached hydrogen (secondary N) is 3. The van der Waals surface area contributed by atoms with Crippen molar-refractivity contribution >= 4 is 17.7 Å². The van der Waals surface area contributed by atoms with E-state index < -0.39 is 6.09 Å². The van der Waals surface area contributed by atoms with Gasteiger partial charge in [-0.05, 0) is 112 Å². The number of hydrogen-bond acceptors (Lipinski definition) is 6. The maximum Gasteiger partial charge on any atom is 0.433 e. The van der Waals surface area contributed by atoms with Gasteiger partial charge in [0.05, 0.1) is 17.9 Å². The summed E-state index contributed by atoms with van der Waals surface area (Å²) in [5.74, 6) is 3.29. The molecule has 0 spiro atoms. The number of aliphatic hydroxyl groups is 1. The van der Waals surface area contributed by atoms with E-state index in [0.29, 0.717) is 29.7 Å². The summed E-state index contributed by atoms with van der Waals surface area (Å²) in [5.41, 5.74) is 1.55. The van der Waals surface area contributed by atoms with Crippen LogP contribution in [0.25, 0.3) is 0 Å². The van der Waals surface area contributed by atoms with E-state index in [0.717, 1.165) is 49.7 Å². The van der Waals surface area contributed by atoms with Gasteiger partial charge in [0.2, 0.25) is 5.91 Å². The van der Waals surface area contributed by atoms with E-state index in [2.05, 4.69) is 35.0 Å². The molecule has 4 aliphatic carbocycles. The fourth-order valence-electron chi connectivity index (χ4n) is 9.70. The minimum atomic E-state index is -0.529. The molecule has 0 aromatic heterocycles. The van der Waals surface area contributed by atoms with Gasteiger partial charge in [-0.2, -0.15) is 0 Å². The van der Waals surface area contributed by atoms with E-state index in [4.69, 9.17) is 4.84 Å². The lowest BCUT2D eigenvalue weighted by Gasteiger charge is -2.61. The number of hydrogen-bond donors (Lipinski definition) is 4. The predicted molar refractivity (Wildman–Crippen MR) is 143 cm³/mol. The Morgan fingerprint density at radius 2 is 1.76 bits per heavy atom. The van der Waals surface area contributed by atoms with Crippen molar-refractivity contribution in [2.75, 3.05) is 13.6 Å². The monoisotopic (exact) mass is 516 g/mol. The quantitative estimate of drug-likeness (QED) is 0.251. The second-order valence-electron chi connectivity index (χ2n) is 13.4. The minimum Gasteiger partial charge on any atom is -0.393 e. The maximum atomic E-state index is 12.4. The molecule has 0 bridgehead atoms. The van der Waals surface area contributed by atoms with Gasteiger partial charge < -0.3 is 21.1 Å². The van der Waals surface area contributed by atoms with Crippen LogP contribution in [0.2, 0.25) is 0 Å². The fraction of sp³-hybridized carbons (Fsp3) is 0.897. The van der Waals surface area contributed by atoms with E-state index >= 15 is 0 Å². The lowest BCUT2D eigenvalue weighted by atomic mass is 9.44. The third-order valence-electron chi connectivity index (χ3n) is 11.7. The topological polar surface area (TPSA) is 112 Å². The number of rotatable bonds is 5. The number of carbonyl (C=O) groups excluding carboxylic acids is 2. The van der Waals surface area contributed by atoms with Gasteiger partial charge in [0.25, 0.3) is 0 Å². The van der Waals surface area contributed by atoms with Crippen LogP contribution in [0.3, 0.4) is 0 Å². The van der Waals surface area contributed by atoms with Crippen molar-refractivity contribution in [2.24, 2.45) is 45.6 Å². The molecule has 5 aliphatic rings. The third kappa shape index (κ3) is 4.93. The molecular weight excluding hydrogens is 468 g/mol. The van der Waals surface area contributed by atoms with E-state index in [1.165, 1.54) is 38.5 Å². The van der Waals surface area contributed by atoms with Gasteiger partial charge in [0, 0.05) is 25.6 Å². The molecule has 208 valence electrons. The van der Waals surface area contributed by atoms with E-state index in [-0.39, 0.29) is 29.5 Å². The van der Waals surface area contributed by atoms with Crippen LogP contribution >= 0.6 is 0 Å². The van der Waals surface area contributed by atoms with Gasteiger partial charge >= 0.3 is 6.09 Å². The first-order valence-electron chi connectivity index (χ1n) is 14.8. The summed E-state index contributed by atoms with van der Waals surface area (Å²) in [6, 6.07) is -0.129. The first-order chi connectivity index (χ1) is 17.7. The maximum absolute atomic E-state index is 12.4. The zero-order chi connectivity index (χ0) is 26.4. The third-order valence-corrected chi connectivity index (χ3v) is 11.7. The van der Waals surface area contributed by atoms with E-state index in [1.807, 2.05) is 6.92 Å². The summed E-state index contributed by atoms with van der Waals surface area (Å²) in [6.07, 6.45) is 11.6. The Balaban J connectivity index is 1.16. The molecule has 2 amide bonds. The SMILES string of the molecule is CNC(=O)C1CCC(CNC(=O)O/N=C(\C)[C@H]2CC[C@H]3[C@@H]4CC[C@H]5C[C@@H](O)CC[C@]5(C)[C@H]4CC[C@]23C)N1. The van der Waals surface area contributed by atoms with E-state index in [1.54, 1.807) is 7.05 Å². The molecule has 10 atom stereocenters. The van der Waals surface area contributed by atoms with Gasteiger partial charge in [-0.25, -0.2) is 4.79 Å². The van der Waals surface area contributed by atoms with Crippen molar-refractivity contribution in [3.63, 3.8) is 0 Å². The van der Waals surface area contributed by atoms with Crippen LogP contribution in [0, 0.1) is 40.4 Å². The van der Waals surface area contributed by atoms with Crippen molar-refractivity contribution in [2.45, 2.75) is 110 Å². The van der Waals surface area contributed by atoms with Crippen molar-refractivity contribution in [1.29, 1.82) is 0 Å². The highest BCUT2D eigenvalue weighted by atomic mass is 16.7. The molecule has 0 aromatic rings. The molecule has 8 nitrogen and oxygen atoms in total. The Labute approximate surface area is 222 Å². The van der Waals surface area contributed by atoms with E-state index in [9.17, 15) is 14.7 Å². The Kier molecular flexibility index (Phi) is 7.62. The highest BCUT2D eigenvalue weighted by Gasteiger charge is 2.60. The first kappa shape index (κ1) is 26.9. The van der Waals surface area contributed by atoms with Crippen LogP contribution in [0.4, 0.5) is 4.79 Å². The van der Waals surface area contributed by atoms with Crippen LogP contribution in [0.1, 0.15) is 91.4 Å². The zero-order valence-corrected chi connectivity index (χ0v) is 23.2. The number of fused-ring (bicyclic) bond motifs is 5. The Bertz CT molecular complexity index is 910. The molecule has 0 radical (unpaired) electrons. The summed E-state index contributed by atoms with van der Waals surface area (Å²) in [6.45, 7) is 7.46. The van der Waals surface area contributed by atoms with Crippen LogP contribution < -0.4 is 16.0 Å². The molecule has 4 N–H and O–H groups in total. The van der Waals surface area contributed by atoms with Crippen LogP contribution in [0.15, 0.2) is 5.16 Å². The second kappa shape index (κ2) is 10.5. The molecule has 1 saturated heterocycles. The number of amides is 2. The molecule has 8 heteroatoms. The summed E-state index contributed by atoms with van der Waals surface area (Å²) in [5, 5.41) is 23.3. The smallest absolute Gasteiger partial charge is 0.393 e. The number of nitrogens with zero attached hydrogens (tertiary/aromatic N) is 1. The van der Waals surface area contributed by atoms with Gasteiger partial charge in [0.15, 0.2) is 0 Å². The van der Waals surface area contributed by atoms with Crippen LogP contribution in [-0.2, 0) is 9.63 Å². The molecule has 1 heterocycles. The average Bonchev–Trinajstić information content (AvgIpc) is 3.50. The summed E-state index contributed by atoms with van der Waals surface area (Å²) < 4.78 is 0. The molecule has 4 saturated carbocycles. The molecule has 5 rings (SSSR count). The Hall–Kier alpha value is -1.67. The number of carbonyl (C=O) groups is 2. The molecule has 2 unspecified atom stereocenters. The highest BCUT2D eigenvalue weighted by Crippen LogP contribution is 2.67. The Morgan fingerprint density at radius 3 is 2.54 bits per heavy atom. The van der Waals surface area contributed by atoms with Crippen LogP contribution in [0.5, 0.6) is 0 Å². The molecule has 0 aromatic carbocycles. The highest BCUT2D eigenvalue weighted by molar-refractivity contribution is 5.85. The van der Waals surface area contributed by atoms with Crippen LogP contribution in [-0.4, -0.2) is 54.6 Å². The predicted octanol–water partition coefficient (Wildman–Crippen LogP) is 3.97. The van der Waals surface area contributed by atoms with Gasteiger partial charge in [-0.3, -0.25) is 9.63 Å². The van der Waals surface area contributed by atoms with Gasteiger partial charge in [-0.15, -0.1) is 0 Å². The van der Waals surface area contributed by atoms with Crippen molar-refractivity contribution in [1.82, 2.24) is 16.0 Å². The minimum absolute atomic E-state index is 0.0117. The average molecular weight is 517 g/mol. The van der Waals surface area contributed by atoms with Gasteiger partial charge in [-0.1, -0.05) is 19.0 Å². The summed E-state index contributed by atoms with van der Waals surface area (Å²) >= 11 is 0. The lowest BCUT2D eigenvalue weighted by Crippen LogP contribution is -2.54. The lowest BCUT2D eigenvalue weighted by molar-refractivity contribution is -0.123. The number of likely N-dealkylation sites (N-methyl/N-ethyl adjacent to an activating group) is 1. The molecule has 1 aliphatic heterocycles. The number of oxime groups is 1. The summed E-state index contributed by atoms with van der Waals surface area (Å²) in [4.78, 5) is 29.5. The molecule has 37 heavy (non-hydrogen) atoms. The van der Waals surface area contributed by atoms with Crippen molar-refractivity contribution in [3.05, 3.63) is 0 Å². The second-order valence-corrected chi connectivity index (χ2v) is 13.4. The number of aliphatic hydroxyl groups excluding tert-OH is 1. The zero-order valence-electron chi connectivity index (χ0n) is 23.2. The normalized spacial score (nSPS) is 45.4. The summed E-state index contributed by atoms with van der Waals surface area (Å²) in [7, 11) is 1.64. The van der Waals surface area contributed by atoms with Crippen molar-refractivity contribution in [3.8, 4) is 0 Å². The van der Waals surface area contributed by atoms with Crippen molar-refractivity contribution < 1.29 is 19.5 Å². The molecular formula is C29H48N4O4.